The Morgan fingerprint density at radius 2 is 0.714 bits per heavy atom. The van der Waals surface area contributed by atoms with Crippen LogP contribution in [0.1, 0.15) is 59.3 Å². The van der Waals surface area contributed by atoms with Crippen LogP contribution >= 0.6 is 9.90 Å². The molecule has 0 amide bonds. The van der Waals surface area contributed by atoms with Crippen molar-refractivity contribution in [2.24, 2.45) is 0 Å². The summed E-state index contributed by atoms with van der Waals surface area (Å²) in [7, 11) is 0. The average Bonchev–Trinajstić information content (AvgIpc) is 2.18. The summed E-state index contributed by atoms with van der Waals surface area (Å²) < 4.78 is 0. The minimum atomic E-state index is 0. The van der Waals surface area contributed by atoms with Gasteiger partial charge in [-0.05, 0) is 0 Å². The van der Waals surface area contributed by atoms with E-state index in [4.69, 9.17) is 0 Å². The number of hydrogen-bond acceptors (Lipinski definition) is 0. The summed E-state index contributed by atoms with van der Waals surface area (Å²) in [5, 5.41) is 0. The Balaban J connectivity index is -0.0000000270. The molecule has 0 aliphatic carbocycles. The molecule has 0 aromatic carbocycles. The van der Waals surface area contributed by atoms with Gasteiger partial charge in [0.25, 0.3) is 0 Å². The fourth-order valence-corrected chi connectivity index (χ4v) is 0. The van der Waals surface area contributed by atoms with Crippen molar-refractivity contribution in [1.29, 1.82) is 0 Å². The van der Waals surface area contributed by atoms with Crippen molar-refractivity contribution in [3.63, 3.8) is 0 Å². The van der Waals surface area contributed by atoms with Gasteiger partial charge >= 0.3 is 19.5 Å². The Kier molecular flexibility index (Phi) is 101. The Bertz CT molecular complexity index is 25.8. The first-order chi connectivity index (χ1) is 5.74. The topological polar surface area (TPSA) is 0 Å². The molecule has 2 heteroatoms. The van der Waals surface area contributed by atoms with E-state index >= 15 is 0 Å². The molecule has 0 aromatic heterocycles. The Labute approximate surface area is 109 Å². The van der Waals surface area contributed by atoms with E-state index in [0.29, 0.717) is 0 Å². The van der Waals surface area contributed by atoms with Gasteiger partial charge in [0.15, 0.2) is 0 Å². The molecule has 0 heterocycles. The fourth-order valence-electron chi connectivity index (χ4n) is 0. The van der Waals surface area contributed by atoms with E-state index < -0.39 is 0 Å². The van der Waals surface area contributed by atoms with Crippen LogP contribution in [-0.2, 0) is 19.5 Å². The van der Waals surface area contributed by atoms with E-state index in [1.165, 1.54) is 19.3 Å². The minimum absolute atomic E-state index is 0. The van der Waals surface area contributed by atoms with E-state index in [9.17, 15) is 0 Å². The predicted octanol–water partition coefficient (Wildman–Crippen LogP) is 4.92. The van der Waals surface area contributed by atoms with Crippen molar-refractivity contribution in [2.75, 3.05) is 0 Å². The van der Waals surface area contributed by atoms with E-state index in [2.05, 4.69) is 41.5 Å². The maximum atomic E-state index is 3.60. The van der Waals surface area contributed by atoms with Gasteiger partial charge in [-0.25, -0.2) is 0 Å². The third-order valence-corrected chi connectivity index (χ3v) is 1.06. The van der Waals surface area contributed by atoms with Gasteiger partial charge in [0, 0.05) is 0 Å². The van der Waals surface area contributed by atoms with Crippen molar-refractivity contribution in [3.05, 3.63) is 20.8 Å². The Morgan fingerprint density at radius 3 is 0.714 bits per heavy atom. The van der Waals surface area contributed by atoms with Crippen molar-refractivity contribution in [3.8, 4) is 0 Å². The fraction of sp³-hybridized carbons (Fsp3) is 0.750. The van der Waals surface area contributed by atoms with Crippen LogP contribution in [0, 0.1) is 20.8 Å². The molecule has 0 fully saturated rings. The molecule has 0 aromatic rings. The zero-order valence-electron chi connectivity index (χ0n) is 10.4. The molecule has 14 heavy (non-hydrogen) atoms. The first kappa shape index (κ1) is 29.4. The summed E-state index contributed by atoms with van der Waals surface area (Å²) in [4.78, 5) is 0. The van der Waals surface area contributed by atoms with E-state index in [0.717, 1.165) is 19.3 Å². The largest absolute Gasteiger partial charge is 3.00 e. The van der Waals surface area contributed by atoms with Gasteiger partial charge in [-0.1, -0.05) is 40.0 Å². The van der Waals surface area contributed by atoms with Crippen molar-refractivity contribution in [1.82, 2.24) is 0 Å². The van der Waals surface area contributed by atoms with Gasteiger partial charge in [-0.15, -0.1) is 0 Å². The minimum Gasteiger partial charge on any atom is -0.343 e. The molecular weight excluding hydrogens is 278 g/mol. The van der Waals surface area contributed by atoms with Crippen LogP contribution in [0.25, 0.3) is 0 Å². The van der Waals surface area contributed by atoms with Gasteiger partial charge in [0.05, 0.1) is 0 Å². The van der Waals surface area contributed by atoms with Crippen LogP contribution in [0.4, 0.5) is 0 Å². The molecule has 0 aliphatic heterocycles. The predicted molar refractivity (Wildman–Crippen MR) is 71.9 cm³/mol. The van der Waals surface area contributed by atoms with Crippen molar-refractivity contribution in [2.45, 2.75) is 59.3 Å². The first-order valence-electron chi connectivity index (χ1n) is 5.12. The quantitative estimate of drug-likeness (QED) is 0.394. The first-order valence-corrected chi connectivity index (χ1v) is 5.12. The standard InChI is InChI=1S/3C4H9.H3P.Rh/c3*1-3-4-2;;/h3*1,3-4H2,2H3;1H3;/q3*-1;;+3. The molecule has 0 radical (unpaired) electrons. The number of rotatable bonds is 3. The molecule has 0 saturated heterocycles. The van der Waals surface area contributed by atoms with E-state index in [-0.39, 0.29) is 29.4 Å². The molecule has 0 bridgehead atoms. The van der Waals surface area contributed by atoms with Crippen LogP contribution in [0.2, 0.25) is 0 Å². The number of hydrogen-bond donors (Lipinski definition) is 0. The SMILES string of the molecule is P.[CH2-]CCC.[CH2-]CCC.[CH2-]CCC.[Rh+3]. The Hall–Kier alpha value is 1.05. The van der Waals surface area contributed by atoms with Crippen LogP contribution < -0.4 is 0 Å². The van der Waals surface area contributed by atoms with Gasteiger partial charge in [-0.3, -0.25) is 0 Å². The van der Waals surface area contributed by atoms with Crippen LogP contribution in [0.15, 0.2) is 0 Å². The normalized spacial score (nSPS) is 6.43. The molecule has 1 unspecified atom stereocenters. The molecule has 0 N–H and O–H groups in total. The summed E-state index contributed by atoms with van der Waals surface area (Å²) >= 11 is 0. The van der Waals surface area contributed by atoms with Crippen molar-refractivity contribution < 1.29 is 19.5 Å². The summed E-state index contributed by atoms with van der Waals surface area (Å²) in [6.07, 6.45) is 6.83. The van der Waals surface area contributed by atoms with Crippen LogP contribution in [-0.4, -0.2) is 0 Å². The molecule has 1 atom stereocenters. The maximum absolute atomic E-state index is 3.60. The second kappa shape index (κ2) is 48.1. The zero-order chi connectivity index (χ0) is 10.2. The van der Waals surface area contributed by atoms with Crippen LogP contribution in [0.5, 0.6) is 0 Å². The van der Waals surface area contributed by atoms with Gasteiger partial charge in [0.2, 0.25) is 0 Å². The summed E-state index contributed by atoms with van der Waals surface area (Å²) in [6.45, 7) is 17.2. The van der Waals surface area contributed by atoms with Crippen LogP contribution in [0.3, 0.4) is 0 Å². The molecule has 0 rings (SSSR count). The van der Waals surface area contributed by atoms with E-state index in [1.54, 1.807) is 0 Å². The second-order valence-corrected chi connectivity index (χ2v) is 2.56. The molecule has 92 valence electrons. The third-order valence-electron chi connectivity index (χ3n) is 1.06. The number of unbranched alkanes of at least 4 members (excludes halogenated alkanes) is 3. The second-order valence-electron chi connectivity index (χ2n) is 2.56. The molecule has 0 nitrogen and oxygen atoms in total. The molecule has 0 spiro atoms. The smallest absolute Gasteiger partial charge is 0.343 e. The average molecular weight is 308 g/mol. The molecule has 0 saturated carbocycles. The third kappa shape index (κ3) is 115. The summed E-state index contributed by atoms with van der Waals surface area (Å²) in [5.41, 5.74) is 0. The monoisotopic (exact) mass is 308 g/mol. The molecule has 0 aliphatic rings. The van der Waals surface area contributed by atoms with Gasteiger partial charge in [-0.2, -0.15) is 29.2 Å². The zero-order valence-corrected chi connectivity index (χ0v) is 13.5. The van der Waals surface area contributed by atoms with Gasteiger partial charge < -0.3 is 20.8 Å². The van der Waals surface area contributed by atoms with Gasteiger partial charge in [0.1, 0.15) is 0 Å². The summed E-state index contributed by atoms with van der Waals surface area (Å²) in [6, 6.07) is 0. The maximum Gasteiger partial charge on any atom is 3.00 e. The molecular formula is C12H30PRh. The van der Waals surface area contributed by atoms with Crippen molar-refractivity contribution >= 4 is 9.90 Å². The summed E-state index contributed by atoms with van der Waals surface area (Å²) in [5.74, 6) is 0. The Morgan fingerprint density at radius 1 is 0.643 bits per heavy atom. The van der Waals surface area contributed by atoms with E-state index in [1.807, 2.05) is 0 Å².